The maximum absolute atomic E-state index is 5.75. The van der Waals surface area contributed by atoms with Crippen LogP contribution in [0.4, 0.5) is 0 Å². The quantitative estimate of drug-likeness (QED) is 0.544. The summed E-state index contributed by atoms with van der Waals surface area (Å²) in [5, 5.41) is 0. The summed E-state index contributed by atoms with van der Waals surface area (Å²) in [5.41, 5.74) is 0.994. The molecule has 0 fully saturated rings. The second-order valence-electron chi connectivity index (χ2n) is 5.32. The molecule has 0 aromatic carbocycles. The molecule has 1 rings (SSSR count). The number of aryl methyl sites for hydroxylation is 1. The average Bonchev–Trinajstić information content (AvgIpc) is 2.79. The lowest BCUT2D eigenvalue weighted by Crippen LogP contribution is -2.00. The van der Waals surface area contributed by atoms with Crippen LogP contribution in [-0.4, -0.2) is 12.1 Å². The van der Waals surface area contributed by atoms with E-state index in [-0.39, 0.29) is 0 Å². The Morgan fingerprint density at radius 3 is 2.32 bits per heavy atom. The number of aromatic nitrogens is 1. The smallest absolute Gasteiger partial charge is 0.393 e. The fourth-order valence-corrected chi connectivity index (χ4v) is 2.52. The van der Waals surface area contributed by atoms with Gasteiger partial charge >= 0.3 is 6.08 Å². The van der Waals surface area contributed by atoms with E-state index in [9.17, 15) is 0 Å². The zero-order chi connectivity index (χ0) is 14.1. The van der Waals surface area contributed by atoms with Crippen molar-refractivity contribution in [2.24, 2.45) is 0 Å². The molecule has 0 aliphatic rings. The summed E-state index contributed by atoms with van der Waals surface area (Å²) in [6.45, 7) is 6.51. The molecule has 1 heterocycles. The van der Waals surface area contributed by atoms with Crippen LogP contribution in [0.15, 0.2) is 4.42 Å². The predicted molar refractivity (Wildman–Crippen MR) is 78.8 cm³/mol. The summed E-state index contributed by atoms with van der Waals surface area (Å²) in [7, 11) is 1.61. The van der Waals surface area contributed by atoms with Crippen molar-refractivity contribution in [3.05, 3.63) is 11.5 Å². The molecular weight excluding hydrogens is 238 g/mol. The number of nitrogens with zero attached hydrogens (tertiary/aromatic N) is 1. The van der Waals surface area contributed by atoms with Crippen LogP contribution in [0.2, 0.25) is 0 Å². The highest BCUT2D eigenvalue weighted by Gasteiger charge is 2.20. The van der Waals surface area contributed by atoms with Gasteiger partial charge in [-0.25, -0.2) is 0 Å². The Morgan fingerprint density at radius 1 is 1.05 bits per heavy atom. The van der Waals surface area contributed by atoms with Gasteiger partial charge in [-0.3, -0.25) is 0 Å². The minimum absolute atomic E-state index is 0.405. The first kappa shape index (κ1) is 16.1. The van der Waals surface area contributed by atoms with E-state index >= 15 is 0 Å². The van der Waals surface area contributed by atoms with Crippen molar-refractivity contribution >= 4 is 0 Å². The van der Waals surface area contributed by atoms with Crippen LogP contribution in [0.1, 0.15) is 82.6 Å². The molecule has 0 amide bonds. The normalized spacial score (nSPS) is 12.6. The molecule has 1 atom stereocenters. The van der Waals surface area contributed by atoms with Gasteiger partial charge in [0.2, 0.25) is 0 Å². The van der Waals surface area contributed by atoms with E-state index in [1.165, 1.54) is 51.4 Å². The number of oxazole rings is 1. The predicted octanol–water partition coefficient (Wildman–Crippen LogP) is 5.24. The van der Waals surface area contributed by atoms with Crippen molar-refractivity contribution in [2.45, 2.75) is 78.1 Å². The third kappa shape index (κ3) is 5.25. The lowest BCUT2D eigenvalue weighted by atomic mass is 9.92. The van der Waals surface area contributed by atoms with Crippen LogP contribution < -0.4 is 4.74 Å². The highest BCUT2D eigenvalue weighted by molar-refractivity contribution is 5.15. The van der Waals surface area contributed by atoms with Gasteiger partial charge < -0.3 is 9.15 Å². The first-order chi connectivity index (χ1) is 9.22. The van der Waals surface area contributed by atoms with Gasteiger partial charge in [0.15, 0.2) is 0 Å². The maximum Gasteiger partial charge on any atom is 0.393 e. The lowest BCUT2D eigenvalue weighted by Gasteiger charge is -2.14. The zero-order valence-corrected chi connectivity index (χ0v) is 13.0. The minimum Gasteiger partial charge on any atom is -0.454 e. The molecule has 1 aromatic heterocycles. The molecule has 110 valence electrons. The molecule has 0 aliphatic carbocycles. The van der Waals surface area contributed by atoms with Gasteiger partial charge in [0.25, 0.3) is 0 Å². The standard InChI is InChI=1S/C16H29NO2/c1-5-7-9-10-12-14(11-8-6-2)15-13(3)17-16(18-4)19-15/h14H,5-12H2,1-4H3. The van der Waals surface area contributed by atoms with Gasteiger partial charge in [0.05, 0.1) is 12.8 Å². The number of ether oxygens (including phenoxy) is 1. The minimum atomic E-state index is 0.405. The molecule has 3 nitrogen and oxygen atoms in total. The number of hydrogen-bond donors (Lipinski definition) is 0. The van der Waals surface area contributed by atoms with Gasteiger partial charge in [0.1, 0.15) is 5.76 Å². The molecule has 1 aromatic rings. The second kappa shape index (κ2) is 9.00. The number of unbranched alkanes of at least 4 members (excludes halogenated alkanes) is 4. The summed E-state index contributed by atoms with van der Waals surface area (Å²) < 4.78 is 10.8. The largest absolute Gasteiger partial charge is 0.454 e. The Balaban J connectivity index is 2.62. The zero-order valence-electron chi connectivity index (χ0n) is 13.0. The third-order valence-corrected chi connectivity index (χ3v) is 3.67. The van der Waals surface area contributed by atoms with E-state index in [0.29, 0.717) is 12.0 Å². The van der Waals surface area contributed by atoms with Crippen LogP contribution in [0, 0.1) is 6.92 Å². The second-order valence-corrected chi connectivity index (χ2v) is 5.32. The van der Waals surface area contributed by atoms with Crippen LogP contribution >= 0.6 is 0 Å². The summed E-state index contributed by atoms with van der Waals surface area (Å²) in [4.78, 5) is 4.31. The molecule has 0 saturated carbocycles. The van der Waals surface area contributed by atoms with Gasteiger partial charge in [-0.05, 0) is 19.8 Å². The topological polar surface area (TPSA) is 35.3 Å². The first-order valence-electron chi connectivity index (χ1n) is 7.74. The SMILES string of the molecule is CCCCCCC(CCCC)c1oc(OC)nc1C. The molecular formula is C16H29NO2. The molecule has 0 radical (unpaired) electrons. The monoisotopic (exact) mass is 267 g/mol. The number of hydrogen-bond acceptors (Lipinski definition) is 3. The Morgan fingerprint density at radius 2 is 1.74 bits per heavy atom. The fourth-order valence-electron chi connectivity index (χ4n) is 2.52. The lowest BCUT2D eigenvalue weighted by molar-refractivity contribution is 0.270. The van der Waals surface area contributed by atoms with Gasteiger partial charge in [-0.2, -0.15) is 4.98 Å². The molecule has 0 spiro atoms. The number of rotatable bonds is 10. The van der Waals surface area contributed by atoms with E-state index in [1.807, 2.05) is 6.92 Å². The van der Waals surface area contributed by atoms with Crippen LogP contribution in [0.3, 0.4) is 0 Å². The van der Waals surface area contributed by atoms with E-state index in [1.54, 1.807) is 7.11 Å². The van der Waals surface area contributed by atoms with E-state index in [0.717, 1.165) is 11.5 Å². The van der Waals surface area contributed by atoms with Gasteiger partial charge in [-0.1, -0.05) is 52.4 Å². The Bertz CT molecular complexity index is 347. The molecule has 0 saturated heterocycles. The van der Waals surface area contributed by atoms with Crippen molar-refractivity contribution in [2.75, 3.05) is 7.11 Å². The van der Waals surface area contributed by atoms with Crippen molar-refractivity contribution in [1.82, 2.24) is 4.98 Å². The average molecular weight is 267 g/mol. The first-order valence-corrected chi connectivity index (χ1v) is 7.74. The molecule has 19 heavy (non-hydrogen) atoms. The van der Waals surface area contributed by atoms with Gasteiger partial charge in [0, 0.05) is 5.92 Å². The van der Waals surface area contributed by atoms with Gasteiger partial charge in [-0.15, -0.1) is 0 Å². The van der Waals surface area contributed by atoms with E-state index in [2.05, 4.69) is 18.8 Å². The van der Waals surface area contributed by atoms with Crippen LogP contribution in [0.25, 0.3) is 0 Å². The van der Waals surface area contributed by atoms with Crippen molar-refractivity contribution < 1.29 is 9.15 Å². The van der Waals surface area contributed by atoms with Crippen molar-refractivity contribution in [3.63, 3.8) is 0 Å². The summed E-state index contributed by atoms with van der Waals surface area (Å²) >= 11 is 0. The van der Waals surface area contributed by atoms with Crippen LogP contribution in [-0.2, 0) is 0 Å². The Labute approximate surface area is 117 Å². The molecule has 3 heteroatoms. The highest BCUT2D eigenvalue weighted by Crippen LogP contribution is 2.32. The molecule has 0 N–H and O–H groups in total. The summed E-state index contributed by atoms with van der Waals surface area (Å²) in [6.07, 6.45) is 10.5. The molecule has 1 unspecified atom stereocenters. The Kier molecular flexibility index (Phi) is 7.61. The van der Waals surface area contributed by atoms with E-state index in [4.69, 9.17) is 9.15 Å². The third-order valence-electron chi connectivity index (χ3n) is 3.67. The summed E-state index contributed by atoms with van der Waals surface area (Å²) in [6, 6.07) is 0. The molecule has 0 bridgehead atoms. The molecule has 0 aliphatic heterocycles. The van der Waals surface area contributed by atoms with Crippen molar-refractivity contribution in [1.29, 1.82) is 0 Å². The number of methoxy groups -OCH3 is 1. The summed E-state index contributed by atoms with van der Waals surface area (Å²) in [5.74, 6) is 1.55. The van der Waals surface area contributed by atoms with E-state index < -0.39 is 0 Å². The maximum atomic E-state index is 5.75. The Hall–Kier alpha value is -0.990. The highest BCUT2D eigenvalue weighted by atomic mass is 16.6. The fraction of sp³-hybridized carbons (Fsp3) is 0.812. The van der Waals surface area contributed by atoms with Crippen molar-refractivity contribution in [3.8, 4) is 6.08 Å². The van der Waals surface area contributed by atoms with Crippen LogP contribution in [0.5, 0.6) is 6.08 Å².